The first-order valence-electron chi connectivity index (χ1n) is 8.87. The lowest BCUT2D eigenvalue weighted by Gasteiger charge is -2.10. The zero-order valence-corrected chi connectivity index (χ0v) is 14.6. The van der Waals surface area contributed by atoms with Crippen molar-refractivity contribution in [3.8, 4) is 11.1 Å². The Balaban J connectivity index is 1.94. The lowest BCUT2D eigenvalue weighted by molar-refractivity contribution is 0.447. The van der Waals surface area contributed by atoms with Crippen molar-refractivity contribution in [3.63, 3.8) is 0 Å². The van der Waals surface area contributed by atoms with Gasteiger partial charge in [0.2, 0.25) is 0 Å². The summed E-state index contributed by atoms with van der Waals surface area (Å²) in [5, 5.41) is 1.12. The van der Waals surface area contributed by atoms with E-state index >= 15 is 0 Å². The van der Waals surface area contributed by atoms with Crippen molar-refractivity contribution in [2.45, 2.75) is 39.0 Å². The Morgan fingerprint density at radius 1 is 0.731 bits per heavy atom. The molecule has 0 aliphatic rings. The summed E-state index contributed by atoms with van der Waals surface area (Å²) in [6.07, 6.45) is 5.58. The summed E-state index contributed by atoms with van der Waals surface area (Å²) < 4.78 is 54.9. The second-order valence-electron chi connectivity index (χ2n) is 6.55. The Hall–Kier alpha value is -2.36. The van der Waals surface area contributed by atoms with Crippen LogP contribution >= 0.6 is 0 Å². The lowest BCUT2D eigenvalue weighted by atomic mass is 9.97. The molecule has 0 unspecified atom stereocenters. The first kappa shape index (κ1) is 18.4. The minimum atomic E-state index is -1.55. The number of fused-ring (bicyclic) bond motifs is 1. The summed E-state index contributed by atoms with van der Waals surface area (Å²) in [5.74, 6) is -4.78. The van der Waals surface area contributed by atoms with E-state index in [0.717, 1.165) is 35.9 Å². The summed E-state index contributed by atoms with van der Waals surface area (Å²) in [6.45, 7) is 2.16. The first-order valence-corrected chi connectivity index (χ1v) is 8.87. The van der Waals surface area contributed by atoms with Crippen molar-refractivity contribution in [1.82, 2.24) is 0 Å². The van der Waals surface area contributed by atoms with Crippen LogP contribution in [0.2, 0.25) is 0 Å². The standard InChI is InChI=1S/C22H20F4/c1-2-3-4-5-6-14-7-9-17-15(11-14)8-10-18(21(17)25)16-12-19(23)22(26)20(24)13-16/h7-13H,2-6H2,1H3. The number of unbranched alkanes of at least 4 members (excludes halogenated alkanes) is 3. The number of hydrogen-bond donors (Lipinski definition) is 0. The molecule has 0 fully saturated rings. The summed E-state index contributed by atoms with van der Waals surface area (Å²) in [7, 11) is 0. The van der Waals surface area contributed by atoms with E-state index in [-0.39, 0.29) is 11.1 Å². The second-order valence-corrected chi connectivity index (χ2v) is 6.55. The maximum Gasteiger partial charge on any atom is 0.194 e. The molecule has 0 N–H and O–H groups in total. The van der Waals surface area contributed by atoms with E-state index in [1.165, 1.54) is 25.3 Å². The van der Waals surface area contributed by atoms with Crippen LogP contribution in [-0.2, 0) is 6.42 Å². The summed E-state index contributed by atoms with van der Waals surface area (Å²) in [4.78, 5) is 0. The van der Waals surface area contributed by atoms with Gasteiger partial charge in [0.15, 0.2) is 17.5 Å². The number of aryl methyl sites for hydroxylation is 1. The molecule has 26 heavy (non-hydrogen) atoms. The largest absolute Gasteiger partial charge is 0.206 e. The molecule has 0 radical (unpaired) electrons. The van der Waals surface area contributed by atoms with Crippen molar-refractivity contribution < 1.29 is 17.6 Å². The van der Waals surface area contributed by atoms with Crippen molar-refractivity contribution in [2.24, 2.45) is 0 Å². The van der Waals surface area contributed by atoms with Crippen LogP contribution in [-0.4, -0.2) is 0 Å². The third-order valence-electron chi connectivity index (χ3n) is 4.63. The monoisotopic (exact) mass is 360 g/mol. The highest BCUT2D eigenvalue weighted by atomic mass is 19.2. The Labute approximate surface area is 150 Å². The Kier molecular flexibility index (Phi) is 5.60. The third-order valence-corrected chi connectivity index (χ3v) is 4.63. The molecule has 0 nitrogen and oxygen atoms in total. The molecule has 4 heteroatoms. The first-order chi connectivity index (χ1) is 12.5. The second kappa shape index (κ2) is 7.90. The summed E-state index contributed by atoms with van der Waals surface area (Å²) >= 11 is 0. The van der Waals surface area contributed by atoms with E-state index in [2.05, 4.69) is 6.92 Å². The van der Waals surface area contributed by atoms with Crippen LogP contribution in [0.25, 0.3) is 21.9 Å². The molecule has 136 valence electrons. The van der Waals surface area contributed by atoms with Crippen LogP contribution in [0.5, 0.6) is 0 Å². The highest BCUT2D eigenvalue weighted by molar-refractivity contribution is 5.88. The van der Waals surface area contributed by atoms with E-state index in [9.17, 15) is 17.6 Å². The fourth-order valence-corrected chi connectivity index (χ4v) is 3.19. The molecule has 0 saturated carbocycles. The number of rotatable bonds is 6. The molecule has 0 amide bonds. The van der Waals surface area contributed by atoms with Crippen molar-refractivity contribution >= 4 is 10.8 Å². The van der Waals surface area contributed by atoms with Crippen LogP contribution < -0.4 is 0 Å². The molecule has 0 aliphatic carbocycles. The molecule has 0 saturated heterocycles. The van der Waals surface area contributed by atoms with E-state index in [1.54, 1.807) is 12.1 Å². The maximum atomic E-state index is 14.9. The normalized spacial score (nSPS) is 11.3. The van der Waals surface area contributed by atoms with Crippen LogP contribution in [0, 0.1) is 23.3 Å². The van der Waals surface area contributed by atoms with Gasteiger partial charge < -0.3 is 0 Å². The molecule has 3 aromatic rings. The quantitative estimate of drug-likeness (QED) is 0.248. The smallest absolute Gasteiger partial charge is 0.194 e. The van der Waals surface area contributed by atoms with Gasteiger partial charge in [-0.3, -0.25) is 0 Å². The number of hydrogen-bond acceptors (Lipinski definition) is 0. The average Bonchev–Trinajstić information content (AvgIpc) is 2.63. The topological polar surface area (TPSA) is 0 Å². The van der Waals surface area contributed by atoms with Gasteiger partial charge in [-0.15, -0.1) is 0 Å². The zero-order chi connectivity index (χ0) is 18.7. The fraction of sp³-hybridized carbons (Fsp3) is 0.273. The Morgan fingerprint density at radius 3 is 2.15 bits per heavy atom. The van der Waals surface area contributed by atoms with Gasteiger partial charge in [0, 0.05) is 10.9 Å². The van der Waals surface area contributed by atoms with Gasteiger partial charge in [0.25, 0.3) is 0 Å². The highest BCUT2D eigenvalue weighted by Crippen LogP contribution is 2.31. The summed E-state index contributed by atoms with van der Waals surface area (Å²) in [6, 6.07) is 10.3. The van der Waals surface area contributed by atoms with Crippen molar-refractivity contribution in [1.29, 1.82) is 0 Å². The van der Waals surface area contributed by atoms with Gasteiger partial charge in [-0.05, 0) is 41.5 Å². The highest BCUT2D eigenvalue weighted by Gasteiger charge is 2.15. The van der Waals surface area contributed by atoms with Gasteiger partial charge in [-0.25, -0.2) is 17.6 Å². The number of halogens is 4. The van der Waals surface area contributed by atoms with Crippen LogP contribution in [0.4, 0.5) is 17.6 Å². The van der Waals surface area contributed by atoms with E-state index in [0.29, 0.717) is 5.39 Å². The molecule has 0 aromatic heterocycles. The van der Waals surface area contributed by atoms with Crippen LogP contribution in [0.3, 0.4) is 0 Å². The molecule has 3 aromatic carbocycles. The molecule has 0 aliphatic heterocycles. The SMILES string of the molecule is CCCCCCc1ccc2c(F)c(-c3cc(F)c(F)c(F)c3)ccc2c1. The minimum absolute atomic E-state index is 0.0237. The fourth-order valence-electron chi connectivity index (χ4n) is 3.19. The van der Waals surface area contributed by atoms with Gasteiger partial charge >= 0.3 is 0 Å². The van der Waals surface area contributed by atoms with E-state index < -0.39 is 23.3 Å². The Bertz CT molecular complexity index is 908. The molecular weight excluding hydrogens is 340 g/mol. The maximum absolute atomic E-state index is 14.9. The van der Waals surface area contributed by atoms with Crippen molar-refractivity contribution in [2.75, 3.05) is 0 Å². The molecule has 0 heterocycles. The van der Waals surface area contributed by atoms with Crippen molar-refractivity contribution in [3.05, 3.63) is 71.3 Å². The van der Waals surface area contributed by atoms with Gasteiger partial charge in [-0.2, -0.15) is 0 Å². The number of benzene rings is 3. The average molecular weight is 360 g/mol. The predicted molar refractivity (Wildman–Crippen MR) is 97.1 cm³/mol. The van der Waals surface area contributed by atoms with Gasteiger partial charge in [0.1, 0.15) is 5.82 Å². The third kappa shape index (κ3) is 3.74. The van der Waals surface area contributed by atoms with Gasteiger partial charge in [0.05, 0.1) is 0 Å². The van der Waals surface area contributed by atoms with E-state index in [1.807, 2.05) is 12.1 Å². The van der Waals surface area contributed by atoms with Gasteiger partial charge in [-0.1, -0.05) is 56.5 Å². The van der Waals surface area contributed by atoms with E-state index in [4.69, 9.17) is 0 Å². The zero-order valence-electron chi connectivity index (χ0n) is 14.6. The predicted octanol–water partition coefficient (Wildman–Crippen LogP) is 7.19. The molecule has 0 spiro atoms. The molecular formula is C22H20F4. The lowest BCUT2D eigenvalue weighted by Crippen LogP contribution is -1.94. The van der Waals surface area contributed by atoms with Crippen LogP contribution in [0.15, 0.2) is 42.5 Å². The molecule has 0 bridgehead atoms. The van der Waals surface area contributed by atoms with Crippen LogP contribution in [0.1, 0.15) is 38.2 Å². The molecule has 3 rings (SSSR count). The summed E-state index contributed by atoms with van der Waals surface area (Å²) in [5.41, 5.74) is 1.16. The minimum Gasteiger partial charge on any atom is -0.206 e. The molecule has 0 atom stereocenters. The Morgan fingerprint density at radius 2 is 1.46 bits per heavy atom.